The molecule has 120 valence electrons. The van der Waals surface area contributed by atoms with Crippen molar-refractivity contribution in [3.05, 3.63) is 71.8 Å². The molecule has 0 saturated carbocycles. The fourth-order valence-electron chi connectivity index (χ4n) is 2.75. The molecule has 0 unspecified atom stereocenters. The predicted octanol–water partition coefficient (Wildman–Crippen LogP) is 4.25. The number of para-hydroxylation sites is 2. The Kier molecular flexibility index (Phi) is 4.29. The molecule has 0 aliphatic rings. The van der Waals surface area contributed by atoms with Gasteiger partial charge in [0.25, 0.3) is 0 Å². The van der Waals surface area contributed by atoms with Crippen molar-refractivity contribution in [1.29, 1.82) is 0 Å². The molecule has 0 saturated heterocycles. The molecular formula is C20H20N4. The van der Waals surface area contributed by atoms with Gasteiger partial charge < -0.3 is 11.5 Å². The molecule has 4 rings (SSSR count). The number of pyridine rings is 2. The van der Waals surface area contributed by atoms with Gasteiger partial charge in [0.1, 0.15) is 11.6 Å². The Hall–Kier alpha value is -3.14. The largest absolute Gasteiger partial charge is 0.384 e. The Balaban J connectivity index is 0.000000141. The van der Waals surface area contributed by atoms with E-state index in [0.29, 0.717) is 11.6 Å². The summed E-state index contributed by atoms with van der Waals surface area (Å²) in [5.74, 6) is 1.18. The van der Waals surface area contributed by atoms with E-state index >= 15 is 0 Å². The van der Waals surface area contributed by atoms with Gasteiger partial charge in [-0.1, -0.05) is 36.4 Å². The molecule has 4 aromatic rings. The first-order valence-corrected chi connectivity index (χ1v) is 7.78. The topological polar surface area (TPSA) is 77.8 Å². The van der Waals surface area contributed by atoms with Gasteiger partial charge >= 0.3 is 0 Å². The highest BCUT2D eigenvalue weighted by Gasteiger charge is 1.98. The van der Waals surface area contributed by atoms with E-state index in [-0.39, 0.29) is 0 Å². The third kappa shape index (κ3) is 3.27. The second-order valence-electron chi connectivity index (χ2n) is 5.76. The van der Waals surface area contributed by atoms with Crippen LogP contribution in [0.5, 0.6) is 0 Å². The van der Waals surface area contributed by atoms with Gasteiger partial charge in [-0.2, -0.15) is 0 Å². The average Bonchev–Trinajstić information content (AvgIpc) is 2.55. The smallest absolute Gasteiger partial charge is 0.124 e. The number of anilines is 2. The van der Waals surface area contributed by atoms with Crippen molar-refractivity contribution in [3.8, 4) is 0 Å². The number of nitrogen functional groups attached to an aromatic ring is 2. The summed E-state index contributed by atoms with van der Waals surface area (Å²) >= 11 is 0. The fraction of sp³-hybridized carbons (Fsp3) is 0.100. The molecule has 0 amide bonds. The Bertz CT molecular complexity index is 925. The normalized spacial score (nSPS) is 10.4. The number of aryl methyl sites for hydroxylation is 2. The first-order valence-electron chi connectivity index (χ1n) is 7.78. The van der Waals surface area contributed by atoms with Gasteiger partial charge in [0.05, 0.1) is 11.0 Å². The maximum Gasteiger partial charge on any atom is 0.124 e. The minimum Gasteiger partial charge on any atom is -0.384 e. The number of nitrogens with zero attached hydrogens (tertiary/aromatic N) is 2. The van der Waals surface area contributed by atoms with Crippen molar-refractivity contribution in [3.63, 3.8) is 0 Å². The highest BCUT2D eigenvalue weighted by molar-refractivity contribution is 5.84. The van der Waals surface area contributed by atoms with Gasteiger partial charge in [-0.15, -0.1) is 0 Å². The van der Waals surface area contributed by atoms with E-state index in [4.69, 9.17) is 11.5 Å². The van der Waals surface area contributed by atoms with E-state index < -0.39 is 0 Å². The Morgan fingerprint density at radius 2 is 1.00 bits per heavy atom. The van der Waals surface area contributed by atoms with Crippen LogP contribution < -0.4 is 11.5 Å². The SMILES string of the molecule is Cc1cc(N)nc2ccccc12.Cc1cc(N)nc2ccccc12. The Labute approximate surface area is 141 Å². The van der Waals surface area contributed by atoms with E-state index in [1.807, 2.05) is 62.4 Å². The number of fused-ring (bicyclic) bond motifs is 2. The summed E-state index contributed by atoms with van der Waals surface area (Å²) in [5.41, 5.74) is 15.5. The van der Waals surface area contributed by atoms with Crippen LogP contribution in [0.2, 0.25) is 0 Å². The van der Waals surface area contributed by atoms with Gasteiger partial charge in [0, 0.05) is 10.8 Å². The van der Waals surface area contributed by atoms with Gasteiger partial charge in [0.15, 0.2) is 0 Å². The third-order valence-corrected chi connectivity index (χ3v) is 3.89. The second-order valence-corrected chi connectivity index (χ2v) is 5.76. The van der Waals surface area contributed by atoms with E-state index in [1.54, 1.807) is 0 Å². The minimum atomic E-state index is 0.589. The van der Waals surface area contributed by atoms with Gasteiger partial charge in [0.2, 0.25) is 0 Å². The van der Waals surface area contributed by atoms with Gasteiger partial charge in [-0.3, -0.25) is 0 Å². The van der Waals surface area contributed by atoms with E-state index in [1.165, 1.54) is 21.9 Å². The molecule has 0 aliphatic carbocycles. The van der Waals surface area contributed by atoms with Gasteiger partial charge in [-0.25, -0.2) is 9.97 Å². The molecule has 0 fully saturated rings. The summed E-state index contributed by atoms with van der Waals surface area (Å²) in [5, 5.41) is 2.35. The van der Waals surface area contributed by atoms with Crippen molar-refractivity contribution >= 4 is 33.4 Å². The zero-order valence-electron chi connectivity index (χ0n) is 13.8. The standard InChI is InChI=1S/2C10H10N2/c2*1-7-6-10(11)12-9-5-3-2-4-8(7)9/h2*2-6H,1H3,(H2,11,12). The summed E-state index contributed by atoms with van der Waals surface area (Å²) in [6.45, 7) is 4.08. The molecule has 4 heteroatoms. The van der Waals surface area contributed by atoms with Crippen molar-refractivity contribution in [2.24, 2.45) is 0 Å². The first kappa shape index (κ1) is 15.7. The molecule has 0 radical (unpaired) electrons. The first-order chi connectivity index (χ1) is 11.5. The van der Waals surface area contributed by atoms with Crippen LogP contribution in [-0.4, -0.2) is 9.97 Å². The number of hydrogen-bond donors (Lipinski definition) is 2. The minimum absolute atomic E-state index is 0.589. The maximum atomic E-state index is 5.61. The lowest BCUT2D eigenvalue weighted by Crippen LogP contribution is -1.91. The van der Waals surface area contributed by atoms with Crippen LogP contribution in [0.1, 0.15) is 11.1 Å². The number of aromatic nitrogens is 2. The molecular weight excluding hydrogens is 296 g/mol. The van der Waals surface area contributed by atoms with Crippen molar-refractivity contribution in [1.82, 2.24) is 9.97 Å². The average molecular weight is 316 g/mol. The molecule has 0 bridgehead atoms. The lowest BCUT2D eigenvalue weighted by molar-refractivity contribution is 1.37. The van der Waals surface area contributed by atoms with Gasteiger partial charge in [-0.05, 0) is 49.2 Å². The van der Waals surface area contributed by atoms with E-state index in [0.717, 1.165) is 11.0 Å². The second kappa shape index (κ2) is 6.54. The summed E-state index contributed by atoms with van der Waals surface area (Å²) in [6, 6.07) is 19.8. The number of rotatable bonds is 0. The molecule has 4 N–H and O–H groups in total. The van der Waals surface area contributed by atoms with E-state index in [2.05, 4.69) is 22.1 Å². The highest BCUT2D eigenvalue weighted by atomic mass is 14.8. The van der Waals surface area contributed by atoms with Crippen LogP contribution in [0.3, 0.4) is 0 Å². The van der Waals surface area contributed by atoms with Crippen LogP contribution >= 0.6 is 0 Å². The molecule has 2 aromatic heterocycles. The summed E-state index contributed by atoms with van der Waals surface area (Å²) in [7, 11) is 0. The summed E-state index contributed by atoms with van der Waals surface area (Å²) in [6.07, 6.45) is 0. The highest BCUT2D eigenvalue weighted by Crippen LogP contribution is 2.18. The van der Waals surface area contributed by atoms with E-state index in [9.17, 15) is 0 Å². The zero-order chi connectivity index (χ0) is 17.1. The molecule has 2 aromatic carbocycles. The summed E-state index contributed by atoms with van der Waals surface area (Å²) in [4.78, 5) is 8.43. The maximum absolute atomic E-state index is 5.61. The predicted molar refractivity (Wildman–Crippen MR) is 102 cm³/mol. The van der Waals surface area contributed by atoms with Crippen LogP contribution in [-0.2, 0) is 0 Å². The lowest BCUT2D eigenvalue weighted by atomic mass is 10.1. The quantitative estimate of drug-likeness (QED) is 0.508. The van der Waals surface area contributed by atoms with Crippen molar-refractivity contribution < 1.29 is 0 Å². The summed E-state index contributed by atoms with van der Waals surface area (Å²) < 4.78 is 0. The third-order valence-electron chi connectivity index (χ3n) is 3.89. The van der Waals surface area contributed by atoms with Crippen LogP contribution in [0.25, 0.3) is 21.8 Å². The van der Waals surface area contributed by atoms with Crippen molar-refractivity contribution in [2.75, 3.05) is 11.5 Å². The molecule has 0 spiro atoms. The zero-order valence-corrected chi connectivity index (χ0v) is 13.8. The van der Waals surface area contributed by atoms with Crippen LogP contribution in [0.4, 0.5) is 11.6 Å². The van der Waals surface area contributed by atoms with Crippen LogP contribution in [0.15, 0.2) is 60.7 Å². The number of benzene rings is 2. The monoisotopic (exact) mass is 316 g/mol. The Morgan fingerprint density at radius 3 is 1.42 bits per heavy atom. The lowest BCUT2D eigenvalue weighted by Gasteiger charge is -2.01. The van der Waals surface area contributed by atoms with Crippen molar-refractivity contribution in [2.45, 2.75) is 13.8 Å². The molecule has 4 nitrogen and oxygen atoms in total. The van der Waals surface area contributed by atoms with Crippen LogP contribution in [0, 0.1) is 13.8 Å². The number of nitrogens with two attached hydrogens (primary N) is 2. The Morgan fingerprint density at radius 1 is 0.625 bits per heavy atom. The number of hydrogen-bond acceptors (Lipinski definition) is 4. The fourth-order valence-corrected chi connectivity index (χ4v) is 2.75. The molecule has 0 aliphatic heterocycles. The molecule has 24 heavy (non-hydrogen) atoms. The molecule has 2 heterocycles. The molecule has 0 atom stereocenters.